The summed E-state index contributed by atoms with van der Waals surface area (Å²) in [5.74, 6) is 0.894. The van der Waals surface area contributed by atoms with Crippen molar-refractivity contribution in [2.75, 3.05) is 18.0 Å². The zero-order valence-corrected chi connectivity index (χ0v) is 23.0. The smallest absolute Gasteiger partial charge is 0.264 e. The third kappa shape index (κ3) is 5.91. The Morgan fingerprint density at radius 3 is 2.27 bits per heavy atom. The minimum atomic E-state index is -4.00. The fourth-order valence-electron chi connectivity index (χ4n) is 4.71. The molecule has 0 saturated carbocycles. The molecule has 196 valence electrons. The van der Waals surface area contributed by atoms with E-state index in [2.05, 4.69) is 5.32 Å². The van der Waals surface area contributed by atoms with Crippen LogP contribution in [0.3, 0.4) is 0 Å². The highest BCUT2D eigenvalue weighted by Crippen LogP contribution is 2.41. The van der Waals surface area contributed by atoms with E-state index in [1.807, 2.05) is 52.8 Å². The van der Waals surface area contributed by atoms with Crippen molar-refractivity contribution in [3.63, 3.8) is 0 Å². The number of carbonyl (C=O) groups is 1. The van der Waals surface area contributed by atoms with Crippen LogP contribution in [0.15, 0.2) is 65.6 Å². The van der Waals surface area contributed by atoms with Crippen LogP contribution >= 0.6 is 0 Å². The Morgan fingerprint density at radius 2 is 1.65 bits per heavy atom. The molecule has 0 saturated heterocycles. The summed E-state index contributed by atoms with van der Waals surface area (Å²) in [6.45, 7) is 9.26. The molecule has 3 aromatic carbocycles. The number of nitrogens with one attached hydrogen (secondary N) is 1. The number of hydrogen-bond acceptors (Lipinski definition) is 5. The lowest BCUT2D eigenvalue weighted by molar-refractivity contribution is -0.120. The van der Waals surface area contributed by atoms with Crippen molar-refractivity contribution < 1.29 is 22.7 Å². The standard InChI is InChI=1S/C29H34N2O5S/c1-19-7-10-24(11-8-19)37(33,34)31(22-14-20(2)13-21(3)15-22)18-28(32)30-26-17-29(4,5)36-27-16-23(35-6)9-12-25(26)27/h7-16,26H,17-18H2,1-6H3,(H,30,32). The first kappa shape index (κ1) is 26.5. The first-order valence-electron chi connectivity index (χ1n) is 12.2. The topological polar surface area (TPSA) is 84.9 Å². The second kappa shape index (κ2) is 10.1. The van der Waals surface area contributed by atoms with E-state index in [0.29, 0.717) is 23.6 Å². The summed E-state index contributed by atoms with van der Waals surface area (Å²) in [4.78, 5) is 13.6. The van der Waals surface area contributed by atoms with Gasteiger partial charge in [0.25, 0.3) is 10.0 Å². The van der Waals surface area contributed by atoms with Gasteiger partial charge in [-0.15, -0.1) is 0 Å². The van der Waals surface area contributed by atoms with Crippen molar-refractivity contribution in [3.8, 4) is 11.5 Å². The number of rotatable bonds is 7. The number of aryl methyl sites for hydroxylation is 3. The summed E-state index contributed by atoms with van der Waals surface area (Å²) in [7, 11) is -2.41. The third-order valence-electron chi connectivity index (χ3n) is 6.40. The van der Waals surface area contributed by atoms with Gasteiger partial charge in [0.05, 0.1) is 23.7 Å². The van der Waals surface area contributed by atoms with E-state index in [9.17, 15) is 13.2 Å². The number of fused-ring (bicyclic) bond motifs is 1. The van der Waals surface area contributed by atoms with Crippen molar-refractivity contribution >= 4 is 21.6 Å². The molecule has 1 atom stereocenters. The van der Waals surface area contributed by atoms with Gasteiger partial charge in [0.15, 0.2) is 0 Å². The van der Waals surface area contributed by atoms with Gasteiger partial charge >= 0.3 is 0 Å². The first-order chi connectivity index (χ1) is 17.4. The quantitative estimate of drug-likeness (QED) is 0.459. The van der Waals surface area contributed by atoms with Gasteiger partial charge in [-0.25, -0.2) is 8.42 Å². The molecule has 1 N–H and O–H groups in total. The van der Waals surface area contributed by atoms with Crippen LogP contribution in [0.2, 0.25) is 0 Å². The number of anilines is 1. The van der Waals surface area contributed by atoms with Crippen molar-refractivity contribution in [1.29, 1.82) is 0 Å². The zero-order chi connectivity index (χ0) is 27.0. The average molecular weight is 523 g/mol. The van der Waals surface area contributed by atoms with E-state index >= 15 is 0 Å². The normalized spacial score (nSPS) is 16.3. The summed E-state index contributed by atoms with van der Waals surface area (Å²) < 4.78 is 40.2. The van der Waals surface area contributed by atoms with Gasteiger partial charge in [0, 0.05) is 18.1 Å². The molecule has 3 aromatic rings. The van der Waals surface area contributed by atoms with Gasteiger partial charge < -0.3 is 14.8 Å². The highest BCUT2D eigenvalue weighted by Gasteiger charge is 2.36. The molecule has 1 aliphatic rings. The lowest BCUT2D eigenvalue weighted by atomic mass is 9.89. The van der Waals surface area contributed by atoms with Crippen molar-refractivity contribution in [2.45, 2.75) is 57.6 Å². The Hall–Kier alpha value is -3.52. The number of ether oxygens (including phenoxy) is 2. The van der Waals surface area contributed by atoms with Gasteiger partial charge in [-0.05, 0) is 82.1 Å². The molecule has 1 aliphatic heterocycles. The maximum Gasteiger partial charge on any atom is 0.264 e. The first-order valence-corrected chi connectivity index (χ1v) is 13.7. The van der Waals surface area contributed by atoms with E-state index in [1.165, 1.54) is 4.31 Å². The molecule has 7 nitrogen and oxygen atoms in total. The average Bonchev–Trinajstić information content (AvgIpc) is 2.81. The largest absolute Gasteiger partial charge is 0.497 e. The number of methoxy groups -OCH3 is 1. The molecule has 0 spiro atoms. The summed E-state index contributed by atoms with van der Waals surface area (Å²) in [6, 6.07) is 17.3. The predicted octanol–water partition coefficient (Wildman–Crippen LogP) is 5.23. The number of benzene rings is 3. The molecule has 0 fully saturated rings. The second-order valence-corrected chi connectivity index (χ2v) is 12.1. The number of carbonyl (C=O) groups excluding carboxylic acids is 1. The SMILES string of the molecule is COc1ccc2c(c1)OC(C)(C)CC2NC(=O)CN(c1cc(C)cc(C)c1)S(=O)(=O)c1ccc(C)cc1. The molecule has 37 heavy (non-hydrogen) atoms. The van der Waals surface area contributed by atoms with E-state index in [-0.39, 0.29) is 17.5 Å². The summed E-state index contributed by atoms with van der Waals surface area (Å²) in [6.07, 6.45) is 0.534. The number of amides is 1. The second-order valence-electron chi connectivity index (χ2n) is 10.3. The molecule has 4 rings (SSSR count). The fourth-order valence-corrected chi connectivity index (χ4v) is 6.11. The van der Waals surface area contributed by atoms with Crippen LogP contribution in [0.4, 0.5) is 5.69 Å². The van der Waals surface area contributed by atoms with Crippen LogP contribution in [0.25, 0.3) is 0 Å². The van der Waals surface area contributed by atoms with Crippen molar-refractivity contribution in [2.24, 2.45) is 0 Å². The molecule has 0 radical (unpaired) electrons. The third-order valence-corrected chi connectivity index (χ3v) is 8.19. The van der Waals surface area contributed by atoms with Gasteiger partial charge in [-0.2, -0.15) is 0 Å². The fraction of sp³-hybridized carbons (Fsp3) is 0.345. The Balaban J connectivity index is 1.67. The lowest BCUT2D eigenvalue weighted by Crippen LogP contribution is -2.45. The molecule has 0 bridgehead atoms. The number of hydrogen-bond donors (Lipinski definition) is 1. The molecule has 1 unspecified atom stereocenters. The van der Waals surface area contributed by atoms with Gasteiger partial charge in [-0.1, -0.05) is 23.8 Å². The predicted molar refractivity (Wildman–Crippen MR) is 145 cm³/mol. The molecule has 0 aromatic heterocycles. The van der Waals surface area contributed by atoms with Crippen LogP contribution in [0.1, 0.15) is 48.6 Å². The van der Waals surface area contributed by atoms with Crippen molar-refractivity contribution in [3.05, 3.63) is 82.9 Å². The maximum absolute atomic E-state index is 13.8. The van der Waals surface area contributed by atoms with Gasteiger partial charge in [-0.3, -0.25) is 9.10 Å². The summed E-state index contributed by atoms with van der Waals surface area (Å²) in [5.41, 5.74) is 3.52. The molecular formula is C29H34N2O5S. The Morgan fingerprint density at radius 1 is 1.00 bits per heavy atom. The summed E-state index contributed by atoms with van der Waals surface area (Å²) >= 11 is 0. The highest BCUT2D eigenvalue weighted by molar-refractivity contribution is 7.92. The number of nitrogens with zero attached hydrogens (tertiary/aromatic N) is 1. The van der Waals surface area contributed by atoms with E-state index in [0.717, 1.165) is 22.3 Å². The van der Waals surface area contributed by atoms with Crippen molar-refractivity contribution in [1.82, 2.24) is 5.32 Å². The lowest BCUT2D eigenvalue weighted by Gasteiger charge is -2.38. The van der Waals surface area contributed by atoms with E-state index < -0.39 is 21.5 Å². The maximum atomic E-state index is 13.8. The summed E-state index contributed by atoms with van der Waals surface area (Å²) in [5, 5.41) is 3.06. The van der Waals surface area contributed by atoms with Crippen LogP contribution in [-0.2, 0) is 14.8 Å². The molecule has 1 amide bonds. The molecule has 0 aliphatic carbocycles. The van der Waals surface area contributed by atoms with Crippen LogP contribution in [0.5, 0.6) is 11.5 Å². The highest BCUT2D eigenvalue weighted by atomic mass is 32.2. The van der Waals surface area contributed by atoms with E-state index in [1.54, 1.807) is 49.6 Å². The van der Waals surface area contributed by atoms with Gasteiger partial charge in [0.1, 0.15) is 23.6 Å². The van der Waals surface area contributed by atoms with Gasteiger partial charge in [0.2, 0.25) is 5.91 Å². The van der Waals surface area contributed by atoms with Crippen LogP contribution in [0, 0.1) is 20.8 Å². The van der Waals surface area contributed by atoms with E-state index in [4.69, 9.17) is 9.47 Å². The monoisotopic (exact) mass is 522 g/mol. The Labute approximate surface area is 219 Å². The molecule has 1 heterocycles. The van der Waals surface area contributed by atoms with Crippen LogP contribution < -0.4 is 19.1 Å². The Kier molecular flexibility index (Phi) is 7.24. The number of sulfonamides is 1. The van der Waals surface area contributed by atoms with Crippen LogP contribution in [-0.4, -0.2) is 33.6 Å². The minimum absolute atomic E-state index is 0.134. The molecular weight excluding hydrogens is 488 g/mol. The molecule has 8 heteroatoms. The minimum Gasteiger partial charge on any atom is -0.497 e. The Bertz CT molecular complexity index is 1390. The zero-order valence-electron chi connectivity index (χ0n) is 22.2.